The van der Waals surface area contributed by atoms with Crippen LogP contribution in [0.1, 0.15) is 33.9 Å². The van der Waals surface area contributed by atoms with Crippen LogP contribution in [-0.2, 0) is 0 Å². The van der Waals surface area contributed by atoms with Crippen LogP contribution in [0.5, 0.6) is 0 Å². The van der Waals surface area contributed by atoms with Crippen LogP contribution in [0, 0.1) is 6.92 Å². The Bertz CT molecular complexity index is 849. The summed E-state index contributed by atoms with van der Waals surface area (Å²) >= 11 is 1.60. The molecular formula is C19H16N2O2S. The number of aliphatic imine (C=N–C) groups is 2. The first-order valence-corrected chi connectivity index (χ1v) is 8.59. The summed E-state index contributed by atoms with van der Waals surface area (Å²) in [6.07, 6.45) is 5.19. The van der Waals surface area contributed by atoms with E-state index < -0.39 is 0 Å². The molecule has 24 heavy (non-hydrogen) atoms. The highest BCUT2D eigenvalue weighted by Crippen LogP contribution is 2.48. The molecule has 1 aliphatic rings. The zero-order valence-corrected chi connectivity index (χ0v) is 13.9. The smallest absolute Gasteiger partial charge is 0.184 e. The highest BCUT2D eigenvalue weighted by molar-refractivity contribution is 8.14. The Morgan fingerprint density at radius 2 is 1.71 bits per heavy atom. The van der Waals surface area contributed by atoms with Crippen molar-refractivity contribution >= 4 is 23.1 Å². The van der Waals surface area contributed by atoms with Gasteiger partial charge in [-0.25, -0.2) is 9.98 Å². The Hall–Kier alpha value is -2.53. The quantitative estimate of drug-likeness (QED) is 0.619. The molecule has 3 heterocycles. The predicted octanol–water partition coefficient (Wildman–Crippen LogP) is 5.19. The fourth-order valence-corrected chi connectivity index (χ4v) is 3.67. The van der Waals surface area contributed by atoms with E-state index in [1.54, 1.807) is 24.3 Å². The Kier molecular flexibility index (Phi) is 4.09. The van der Waals surface area contributed by atoms with E-state index in [1.165, 1.54) is 5.56 Å². The molecule has 0 aliphatic carbocycles. The molecule has 0 bridgehead atoms. The highest BCUT2D eigenvalue weighted by atomic mass is 32.2. The van der Waals surface area contributed by atoms with Gasteiger partial charge in [-0.05, 0) is 36.8 Å². The molecule has 2 aromatic heterocycles. The van der Waals surface area contributed by atoms with E-state index >= 15 is 0 Å². The fraction of sp³-hybridized carbons (Fsp3) is 0.158. The van der Waals surface area contributed by atoms with Gasteiger partial charge >= 0.3 is 0 Å². The normalized spacial score (nSPS) is 20.6. The van der Waals surface area contributed by atoms with Crippen LogP contribution in [0.25, 0.3) is 0 Å². The molecule has 0 spiro atoms. The minimum atomic E-state index is -0.124. The van der Waals surface area contributed by atoms with Crippen molar-refractivity contribution in [3.05, 3.63) is 83.7 Å². The van der Waals surface area contributed by atoms with E-state index in [9.17, 15) is 0 Å². The summed E-state index contributed by atoms with van der Waals surface area (Å²) in [7, 11) is 0. The topological polar surface area (TPSA) is 51.0 Å². The molecule has 0 radical (unpaired) electrons. The summed E-state index contributed by atoms with van der Waals surface area (Å²) < 4.78 is 11.1. The second kappa shape index (κ2) is 6.53. The van der Waals surface area contributed by atoms with Crippen LogP contribution in [0.4, 0.5) is 0 Å². The van der Waals surface area contributed by atoms with Crippen molar-refractivity contribution in [3.63, 3.8) is 0 Å². The van der Waals surface area contributed by atoms with Gasteiger partial charge in [-0.1, -0.05) is 41.6 Å². The SMILES string of the molecule is Cc1ccc(C=NC2=N[C@H](c3ccco3)[C@H](c3ccco3)S2)cc1. The average molecular weight is 336 g/mol. The molecule has 0 fully saturated rings. The van der Waals surface area contributed by atoms with Gasteiger partial charge in [0, 0.05) is 6.21 Å². The predicted molar refractivity (Wildman–Crippen MR) is 96.7 cm³/mol. The maximum atomic E-state index is 5.58. The third-order valence-corrected chi connectivity index (χ3v) is 4.99. The second-order valence-corrected chi connectivity index (χ2v) is 6.70. The number of benzene rings is 1. The van der Waals surface area contributed by atoms with Crippen LogP contribution in [0.3, 0.4) is 0 Å². The van der Waals surface area contributed by atoms with Gasteiger partial charge in [0.15, 0.2) is 5.17 Å². The van der Waals surface area contributed by atoms with Crippen LogP contribution in [0.2, 0.25) is 0 Å². The van der Waals surface area contributed by atoms with Crippen molar-refractivity contribution < 1.29 is 8.83 Å². The lowest BCUT2D eigenvalue weighted by atomic mass is 10.1. The summed E-state index contributed by atoms with van der Waals surface area (Å²) in [5.74, 6) is 1.70. The minimum absolute atomic E-state index is 0.0383. The van der Waals surface area contributed by atoms with Gasteiger partial charge in [0.05, 0.1) is 12.5 Å². The Labute approximate surface area is 144 Å². The van der Waals surface area contributed by atoms with Crippen molar-refractivity contribution in [2.75, 3.05) is 0 Å². The van der Waals surface area contributed by atoms with Gasteiger partial charge in [0.25, 0.3) is 0 Å². The van der Waals surface area contributed by atoms with Gasteiger partial charge in [-0.15, -0.1) is 0 Å². The Morgan fingerprint density at radius 1 is 1.00 bits per heavy atom. The van der Waals surface area contributed by atoms with Crippen LogP contribution in [-0.4, -0.2) is 11.4 Å². The number of hydrogen-bond acceptors (Lipinski definition) is 5. The van der Waals surface area contributed by atoms with Crippen molar-refractivity contribution in [3.8, 4) is 0 Å². The molecule has 0 N–H and O–H groups in total. The van der Waals surface area contributed by atoms with E-state index in [0.29, 0.717) is 0 Å². The lowest BCUT2D eigenvalue weighted by molar-refractivity contribution is 0.432. The molecule has 1 aromatic carbocycles. The molecule has 2 atom stereocenters. The van der Waals surface area contributed by atoms with E-state index in [0.717, 1.165) is 22.3 Å². The maximum Gasteiger partial charge on any atom is 0.184 e. The number of thioether (sulfide) groups is 1. The van der Waals surface area contributed by atoms with Crippen molar-refractivity contribution in [1.82, 2.24) is 0 Å². The molecule has 3 aromatic rings. The molecule has 0 saturated heterocycles. The summed E-state index contributed by atoms with van der Waals surface area (Å²) in [5.41, 5.74) is 2.29. The van der Waals surface area contributed by atoms with Gasteiger partial charge in [0.1, 0.15) is 22.8 Å². The summed E-state index contributed by atoms with van der Waals surface area (Å²) in [5, 5.41) is 0.773. The number of hydrogen-bond donors (Lipinski definition) is 0. The van der Waals surface area contributed by atoms with Gasteiger partial charge < -0.3 is 8.83 Å². The molecule has 4 rings (SSSR count). The second-order valence-electron chi connectivity index (χ2n) is 5.59. The highest BCUT2D eigenvalue weighted by Gasteiger charge is 2.36. The number of rotatable bonds is 3. The van der Waals surface area contributed by atoms with Gasteiger partial charge in [-0.3, -0.25) is 0 Å². The average Bonchev–Trinajstić information content (AvgIpc) is 3.33. The number of nitrogens with zero attached hydrogens (tertiary/aromatic N) is 2. The van der Waals surface area contributed by atoms with E-state index in [-0.39, 0.29) is 11.3 Å². The molecular weight excluding hydrogens is 320 g/mol. The summed E-state index contributed by atoms with van der Waals surface area (Å²) in [6.45, 7) is 2.07. The molecule has 0 saturated carbocycles. The van der Waals surface area contributed by atoms with E-state index in [4.69, 9.17) is 13.8 Å². The minimum Gasteiger partial charge on any atom is -0.468 e. The molecule has 5 heteroatoms. The molecule has 0 amide bonds. The van der Waals surface area contributed by atoms with Crippen molar-refractivity contribution in [2.45, 2.75) is 18.2 Å². The zero-order valence-electron chi connectivity index (χ0n) is 13.1. The lowest BCUT2D eigenvalue weighted by Crippen LogP contribution is -1.99. The van der Waals surface area contributed by atoms with E-state index in [1.807, 2.05) is 42.6 Å². The molecule has 120 valence electrons. The summed E-state index contributed by atoms with van der Waals surface area (Å²) in [6, 6.07) is 15.8. The van der Waals surface area contributed by atoms with Gasteiger partial charge in [-0.2, -0.15) is 0 Å². The summed E-state index contributed by atoms with van der Waals surface area (Å²) in [4.78, 5) is 9.28. The fourth-order valence-electron chi connectivity index (χ4n) is 2.58. The first-order valence-electron chi connectivity index (χ1n) is 7.71. The van der Waals surface area contributed by atoms with Crippen molar-refractivity contribution in [1.29, 1.82) is 0 Å². The third kappa shape index (κ3) is 3.08. The Morgan fingerprint density at radius 3 is 2.38 bits per heavy atom. The number of aryl methyl sites for hydroxylation is 1. The molecule has 0 unspecified atom stereocenters. The first kappa shape index (κ1) is 15.0. The standard InChI is InChI=1S/C19H16N2O2S/c1-13-6-8-14(9-7-13)12-20-19-21-17(15-4-2-10-22-15)18(24-19)16-5-3-11-23-16/h2-12,17-18H,1H3/t17-,18+/m1/s1. The monoisotopic (exact) mass is 336 g/mol. The Balaban J connectivity index is 1.59. The van der Waals surface area contributed by atoms with Gasteiger partial charge in [0.2, 0.25) is 0 Å². The molecule has 1 aliphatic heterocycles. The van der Waals surface area contributed by atoms with Crippen LogP contribution >= 0.6 is 11.8 Å². The first-order chi connectivity index (χ1) is 11.8. The lowest BCUT2D eigenvalue weighted by Gasteiger charge is -2.11. The number of furan rings is 2. The van der Waals surface area contributed by atoms with Crippen LogP contribution in [0.15, 0.2) is 79.9 Å². The third-order valence-electron chi connectivity index (χ3n) is 3.83. The molecule has 4 nitrogen and oxygen atoms in total. The largest absolute Gasteiger partial charge is 0.468 e. The van der Waals surface area contributed by atoms with E-state index in [2.05, 4.69) is 24.0 Å². The zero-order chi connectivity index (χ0) is 16.4. The maximum absolute atomic E-state index is 5.58. The number of amidine groups is 1. The van der Waals surface area contributed by atoms with Crippen LogP contribution < -0.4 is 0 Å². The van der Waals surface area contributed by atoms with Crippen molar-refractivity contribution in [2.24, 2.45) is 9.98 Å².